The first-order valence-corrected chi connectivity index (χ1v) is 9.27. The van der Waals surface area contributed by atoms with E-state index in [-0.39, 0.29) is 6.54 Å². The average Bonchev–Trinajstić information content (AvgIpc) is 3.05. The van der Waals surface area contributed by atoms with E-state index in [1.54, 1.807) is 22.8 Å². The third-order valence-electron chi connectivity index (χ3n) is 4.25. The summed E-state index contributed by atoms with van der Waals surface area (Å²) < 4.78 is 17.9. The molecule has 0 aliphatic rings. The van der Waals surface area contributed by atoms with Crippen molar-refractivity contribution in [2.75, 3.05) is 21.3 Å². The van der Waals surface area contributed by atoms with Crippen LogP contribution in [0.2, 0.25) is 0 Å². The second-order valence-electron chi connectivity index (χ2n) is 5.96. The molecule has 0 unspecified atom stereocenters. The lowest BCUT2D eigenvalue weighted by Crippen LogP contribution is -2.22. The molecule has 1 amide bonds. The van der Waals surface area contributed by atoms with E-state index < -0.39 is 11.9 Å². The second kappa shape index (κ2) is 8.26. The molecule has 0 bridgehead atoms. The van der Waals surface area contributed by atoms with Gasteiger partial charge in [0.2, 0.25) is 0 Å². The van der Waals surface area contributed by atoms with E-state index in [0.29, 0.717) is 21.9 Å². The average molecular weight is 400 g/mol. The fourth-order valence-corrected chi connectivity index (χ4v) is 3.96. The quantitative estimate of drug-likeness (QED) is 0.615. The van der Waals surface area contributed by atoms with Crippen LogP contribution in [-0.2, 0) is 16.1 Å². The number of aromatic nitrogens is 1. The Morgan fingerprint density at radius 1 is 1.07 bits per heavy atom. The standard InChI is InChI=1S/C20H20N2O5S/c1-12-6-5-7-16-18(12)22(11-17(23)27-4)20(28-16)21-19(24)13-8-9-14(25-2)15(10-13)26-3/h5-10H,11H2,1-4H3. The van der Waals surface area contributed by atoms with Gasteiger partial charge in [-0.05, 0) is 36.8 Å². The third kappa shape index (κ3) is 3.77. The number of para-hydroxylation sites is 1. The molecule has 0 radical (unpaired) electrons. The molecule has 0 saturated carbocycles. The van der Waals surface area contributed by atoms with Crippen molar-refractivity contribution in [1.82, 2.24) is 4.57 Å². The molecule has 0 aliphatic heterocycles. The Hall–Kier alpha value is -3.13. The van der Waals surface area contributed by atoms with Crippen LogP contribution in [0.5, 0.6) is 11.5 Å². The van der Waals surface area contributed by atoms with Gasteiger partial charge in [-0.2, -0.15) is 4.99 Å². The van der Waals surface area contributed by atoms with Gasteiger partial charge in [0.05, 0.1) is 31.5 Å². The molecule has 7 nitrogen and oxygen atoms in total. The first-order valence-electron chi connectivity index (χ1n) is 8.45. The molecule has 8 heteroatoms. The van der Waals surface area contributed by atoms with Crippen molar-refractivity contribution in [3.05, 3.63) is 52.3 Å². The van der Waals surface area contributed by atoms with E-state index in [4.69, 9.17) is 14.2 Å². The van der Waals surface area contributed by atoms with Crippen molar-refractivity contribution in [1.29, 1.82) is 0 Å². The van der Waals surface area contributed by atoms with Crippen LogP contribution in [0.1, 0.15) is 15.9 Å². The highest BCUT2D eigenvalue weighted by atomic mass is 32.1. The summed E-state index contributed by atoms with van der Waals surface area (Å²) in [6.45, 7) is 1.92. The van der Waals surface area contributed by atoms with Gasteiger partial charge in [-0.15, -0.1) is 0 Å². The summed E-state index contributed by atoms with van der Waals surface area (Å²) in [5.74, 6) is 0.113. The minimum Gasteiger partial charge on any atom is -0.493 e. The molecule has 0 atom stereocenters. The monoisotopic (exact) mass is 400 g/mol. The van der Waals surface area contributed by atoms with Gasteiger partial charge in [-0.25, -0.2) is 0 Å². The highest BCUT2D eigenvalue weighted by Gasteiger charge is 2.15. The van der Waals surface area contributed by atoms with E-state index in [2.05, 4.69) is 4.99 Å². The van der Waals surface area contributed by atoms with Crippen molar-refractivity contribution in [2.45, 2.75) is 13.5 Å². The Labute approximate surface area is 165 Å². The maximum Gasteiger partial charge on any atom is 0.325 e. The number of ether oxygens (including phenoxy) is 3. The first-order chi connectivity index (χ1) is 13.5. The Morgan fingerprint density at radius 3 is 2.50 bits per heavy atom. The lowest BCUT2D eigenvalue weighted by Gasteiger charge is -2.08. The largest absolute Gasteiger partial charge is 0.493 e. The van der Waals surface area contributed by atoms with Crippen LogP contribution in [0.25, 0.3) is 10.2 Å². The van der Waals surface area contributed by atoms with Gasteiger partial charge in [-0.1, -0.05) is 23.5 Å². The number of methoxy groups -OCH3 is 3. The van der Waals surface area contributed by atoms with E-state index >= 15 is 0 Å². The van der Waals surface area contributed by atoms with Crippen molar-refractivity contribution < 1.29 is 23.8 Å². The molecule has 0 fully saturated rings. The zero-order valence-electron chi connectivity index (χ0n) is 16.0. The fourth-order valence-electron chi connectivity index (χ4n) is 2.85. The van der Waals surface area contributed by atoms with Crippen LogP contribution in [0.4, 0.5) is 0 Å². The molecule has 3 aromatic rings. The number of aryl methyl sites for hydroxylation is 1. The van der Waals surface area contributed by atoms with Gasteiger partial charge in [0.25, 0.3) is 5.91 Å². The number of benzene rings is 2. The molecule has 0 saturated heterocycles. The molecule has 2 aromatic carbocycles. The van der Waals surface area contributed by atoms with E-state index in [1.807, 2.05) is 25.1 Å². The first kappa shape index (κ1) is 19.6. The van der Waals surface area contributed by atoms with Gasteiger partial charge in [0.1, 0.15) is 6.54 Å². The van der Waals surface area contributed by atoms with E-state index in [1.165, 1.54) is 32.7 Å². The van der Waals surface area contributed by atoms with Crippen molar-refractivity contribution >= 4 is 33.4 Å². The van der Waals surface area contributed by atoms with Crippen LogP contribution in [-0.4, -0.2) is 37.8 Å². The normalized spacial score (nSPS) is 11.5. The van der Waals surface area contributed by atoms with Crippen molar-refractivity contribution in [3.8, 4) is 11.5 Å². The lowest BCUT2D eigenvalue weighted by atomic mass is 10.2. The Kier molecular flexibility index (Phi) is 5.79. The minimum absolute atomic E-state index is 0.0284. The number of thiazole rings is 1. The number of fused-ring (bicyclic) bond motifs is 1. The predicted molar refractivity (Wildman–Crippen MR) is 106 cm³/mol. The predicted octanol–water partition coefficient (Wildman–Crippen LogP) is 2.94. The molecular formula is C20H20N2O5S. The van der Waals surface area contributed by atoms with Gasteiger partial charge in [0.15, 0.2) is 16.3 Å². The maximum absolute atomic E-state index is 12.8. The fraction of sp³-hybridized carbons (Fsp3) is 0.250. The molecule has 3 rings (SSSR count). The third-order valence-corrected chi connectivity index (χ3v) is 5.29. The highest BCUT2D eigenvalue weighted by Crippen LogP contribution is 2.28. The second-order valence-corrected chi connectivity index (χ2v) is 6.96. The lowest BCUT2D eigenvalue weighted by molar-refractivity contribution is -0.141. The summed E-state index contributed by atoms with van der Waals surface area (Å²) in [6, 6.07) is 10.7. The van der Waals surface area contributed by atoms with Gasteiger partial charge in [0, 0.05) is 5.56 Å². The SMILES string of the molecule is COC(=O)Cn1c(=NC(=O)c2ccc(OC)c(OC)c2)sc2cccc(C)c21. The summed E-state index contributed by atoms with van der Waals surface area (Å²) in [7, 11) is 4.36. The molecule has 1 heterocycles. The number of esters is 1. The van der Waals surface area contributed by atoms with Crippen molar-refractivity contribution in [3.63, 3.8) is 0 Å². The van der Waals surface area contributed by atoms with Crippen molar-refractivity contribution in [2.24, 2.45) is 4.99 Å². The number of carbonyl (C=O) groups excluding carboxylic acids is 2. The number of carbonyl (C=O) groups is 2. The number of hydrogen-bond donors (Lipinski definition) is 0. The highest BCUT2D eigenvalue weighted by molar-refractivity contribution is 7.16. The molecule has 0 spiro atoms. The number of rotatable bonds is 5. The summed E-state index contributed by atoms with van der Waals surface area (Å²) in [5.41, 5.74) is 2.20. The number of nitrogens with zero attached hydrogens (tertiary/aromatic N) is 2. The zero-order valence-corrected chi connectivity index (χ0v) is 16.8. The maximum atomic E-state index is 12.8. The Morgan fingerprint density at radius 2 is 1.82 bits per heavy atom. The Balaban J connectivity index is 2.13. The van der Waals surface area contributed by atoms with Gasteiger partial charge in [-0.3, -0.25) is 9.59 Å². The smallest absolute Gasteiger partial charge is 0.325 e. The van der Waals surface area contributed by atoms with Crippen LogP contribution >= 0.6 is 11.3 Å². The number of hydrogen-bond acceptors (Lipinski definition) is 6. The van der Waals surface area contributed by atoms with Gasteiger partial charge < -0.3 is 18.8 Å². The minimum atomic E-state index is -0.441. The molecule has 28 heavy (non-hydrogen) atoms. The van der Waals surface area contributed by atoms with Gasteiger partial charge >= 0.3 is 5.97 Å². The van der Waals surface area contributed by atoms with Crippen LogP contribution in [0, 0.1) is 6.92 Å². The summed E-state index contributed by atoms with van der Waals surface area (Å²) in [5, 5.41) is 0. The summed E-state index contributed by atoms with van der Waals surface area (Å²) >= 11 is 1.34. The van der Waals surface area contributed by atoms with E-state index in [0.717, 1.165) is 15.8 Å². The zero-order chi connectivity index (χ0) is 20.3. The molecule has 0 N–H and O–H groups in total. The van der Waals surface area contributed by atoms with Crippen LogP contribution in [0.3, 0.4) is 0 Å². The topological polar surface area (TPSA) is 79.1 Å². The molecule has 0 aliphatic carbocycles. The number of amides is 1. The summed E-state index contributed by atoms with van der Waals surface area (Å²) in [6.07, 6.45) is 0. The molecule has 146 valence electrons. The molecular weight excluding hydrogens is 380 g/mol. The van der Waals surface area contributed by atoms with Crippen LogP contribution < -0.4 is 14.3 Å². The summed E-state index contributed by atoms with van der Waals surface area (Å²) in [4.78, 5) is 29.4. The van der Waals surface area contributed by atoms with E-state index in [9.17, 15) is 9.59 Å². The van der Waals surface area contributed by atoms with Crippen LogP contribution in [0.15, 0.2) is 41.4 Å². The molecule has 1 aromatic heterocycles. The Bertz CT molecular complexity index is 1110.